The molecule has 0 radical (unpaired) electrons. The van der Waals surface area contributed by atoms with E-state index < -0.39 is 29.3 Å². The largest absolute Gasteiger partial charge is 0.480 e. The van der Waals surface area contributed by atoms with Crippen LogP contribution < -0.4 is 5.56 Å². The van der Waals surface area contributed by atoms with E-state index in [0.717, 1.165) is 28.5 Å². The Hall–Kier alpha value is -3.56. The average Bonchev–Trinajstić information content (AvgIpc) is 3.32. The van der Waals surface area contributed by atoms with Crippen LogP contribution in [0.15, 0.2) is 76.6 Å². The highest BCUT2D eigenvalue weighted by atomic mass is 32.2. The van der Waals surface area contributed by atoms with E-state index in [1.54, 1.807) is 20.2 Å². The number of benzene rings is 3. The molecule has 5 nitrogen and oxygen atoms in total. The predicted octanol–water partition coefficient (Wildman–Crippen LogP) is 6.07. The first-order valence-corrected chi connectivity index (χ1v) is 13.0. The lowest BCUT2D eigenvalue weighted by Crippen LogP contribution is -2.34. The Bertz CT molecular complexity index is 1610. The van der Waals surface area contributed by atoms with E-state index in [-0.39, 0.29) is 12.3 Å². The fourth-order valence-electron chi connectivity index (χ4n) is 5.07. The molecule has 0 saturated heterocycles. The van der Waals surface area contributed by atoms with Gasteiger partial charge in [-0.05, 0) is 60.1 Å². The quantitative estimate of drug-likeness (QED) is 0.323. The summed E-state index contributed by atoms with van der Waals surface area (Å²) in [7, 11) is 3.60. The summed E-state index contributed by atoms with van der Waals surface area (Å²) in [6, 6.07) is 17.6. The smallest absolute Gasteiger partial charge is 0.416 e. The Balaban J connectivity index is 1.85. The number of rotatable bonds is 6. The predicted molar refractivity (Wildman–Crippen MR) is 143 cm³/mol. The Morgan fingerprint density at radius 3 is 2.47 bits per heavy atom. The Labute approximate surface area is 221 Å². The molecule has 0 bridgehead atoms. The first kappa shape index (κ1) is 26.1. The molecule has 1 aliphatic heterocycles. The SMILES string of the molecule is CN(C)Cc1c(Cc2cccc3ccccc23)c(-c2cccc(C(F)(F)F)c2)c2n(c1=O)C(C(=O)O)CS2. The highest BCUT2D eigenvalue weighted by molar-refractivity contribution is 7.99. The van der Waals surface area contributed by atoms with E-state index >= 15 is 0 Å². The summed E-state index contributed by atoms with van der Waals surface area (Å²) in [4.78, 5) is 27.8. The minimum absolute atomic E-state index is 0.121. The highest BCUT2D eigenvalue weighted by Gasteiger charge is 2.36. The molecule has 0 aliphatic carbocycles. The minimum Gasteiger partial charge on any atom is -0.480 e. The lowest BCUT2D eigenvalue weighted by molar-refractivity contribution is -0.140. The van der Waals surface area contributed by atoms with Gasteiger partial charge in [-0.25, -0.2) is 4.79 Å². The molecule has 0 saturated carbocycles. The standard InChI is InChI=1S/C29H25F3N2O3S/c1-33(2)15-23-22(14-18-9-5-8-17-7-3-4-12-21(17)18)25(19-10-6-11-20(13-19)29(30,31)32)27-34(26(23)35)24(16-38-27)28(36)37/h3-13,24H,14-16H2,1-2H3,(H,36,37). The third-order valence-corrected chi connectivity index (χ3v) is 7.91. The molecule has 3 aromatic carbocycles. The first-order chi connectivity index (χ1) is 18.1. The number of pyridine rings is 1. The number of hydrogen-bond donors (Lipinski definition) is 1. The van der Waals surface area contributed by atoms with E-state index in [1.807, 2.05) is 47.4 Å². The Morgan fingerprint density at radius 1 is 1.05 bits per heavy atom. The van der Waals surface area contributed by atoms with Gasteiger partial charge in [-0.15, -0.1) is 11.8 Å². The maximum Gasteiger partial charge on any atom is 0.416 e. The fraction of sp³-hybridized carbons (Fsp3) is 0.241. The summed E-state index contributed by atoms with van der Waals surface area (Å²) in [5.41, 5.74) is 1.49. The van der Waals surface area contributed by atoms with Crippen LogP contribution in [0.5, 0.6) is 0 Å². The van der Waals surface area contributed by atoms with Crippen molar-refractivity contribution in [2.75, 3.05) is 19.8 Å². The van der Waals surface area contributed by atoms with Gasteiger partial charge in [-0.2, -0.15) is 13.2 Å². The number of nitrogens with zero attached hydrogens (tertiary/aromatic N) is 2. The summed E-state index contributed by atoms with van der Waals surface area (Å²) in [5, 5.41) is 12.2. The lowest BCUT2D eigenvalue weighted by Gasteiger charge is -2.23. The molecule has 38 heavy (non-hydrogen) atoms. The molecule has 4 aromatic rings. The summed E-state index contributed by atoms with van der Waals surface area (Å²) in [5.74, 6) is -1.03. The van der Waals surface area contributed by atoms with Crippen LogP contribution in [0.1, 0.15) is 28.3 Å². The zero-order valence-corrected chi connectivity index (χ0v) is 21.6. The summed E-state index contributed by atoms with van der Waals surface area (Å²) >= 11 is 1.20. The zero-order valence-electron chi connectivity index (χ0n) is 20.7. The van der Waals surface area contributed by atoms with Crippen molar-refractivity contribution in [3.05, 3.63) is 99.3 Å². The molecule has 0 fully saturated rings. The van der Waals surface area contributed by atoms with E-state index in [9.17, 15) is 27.9 Å². The topological polar surface area (TPSA) is 62.5 Å². The molecule has 1 unspecified atom stereocenters. The van der Waals surface area contributed by atoms with Gasteiger partial charge < -0.3 is 10.0 Å². The van der Waals surface area contributed by atoms with Gasteiger partial charge in [0.2, 0.25) is 0 Å². The molecule has 0 spiro atoms. The number of hydrogen-bond acceptors (Lipinski definition) is 4. The molecule has 0 amide bonds. The minimum atomic E-state index is -4.55. The number of halogens is 3. The number of carboxylic acids is 1. The Morgan fingerprint density at radius 2 is 1.76 bits per heavy atom. The third kappa shape index (κ3) is 4.72. The molecule has 2 heterocycles. The van der Waals surface area contributed by atoms with Crippen LogP contribution in [0, 0.1) is 0 Å². The molecule has 1 aliphatic rings. The number of aromatic nitrogens is 1. The third-order valence-electron chi connectivity index (χ3n) is 6.75. The number of alkyl halides is 3. The number of carboxylic acid groups (broad SMARTS) is 1. The molecule has 5 rings (SSSR count). The van der Waals surface area contributed by atoms with Crippen LogP contribution in [-0.4, -0.2) is 40.4 Å². The molecule has 196 valence electrons. The van der Waals surface area contributed by atoms with Crippen molar-refractivity contribution in [2.24, 2.45) is 0 Å². The molecule has 1 aromatic heterocycles. The lowest BCUT2D eigenvalue weighted by atomic mass is 9.89. The second-order valence-electron chi connectivity index (χ2n) is 9.61. The first-order valence-electron chi connectivity index (χ1n) is 12.0. The maximum absolute atomic E-state index is 13.9. The van der Waals surface area contributed by atoms with Gasteiger partial charge >= 0.3 is 12.1 Å². The monoisotopic (exact) mass is 538 g/mol. The number of carbonyl (C=O) groups is 1. The molecular weight excluding hydrogens is 513 g/mol. The van der Waals surface area contributed by atoms with Crippen molar-refractivity contribution in [2.45, 2.75) is 30.2 Å². The molecule has 1 N–H and O–H groups in total. The molecule has 9 heteroatoms. The van der Waals surface area contributed by atoms with E-state index in [4.69, 9.17) is 0 Å². The van der Waals surface area contributed by atoms with Crippen molar-refractivity contribution in [1.29, 1.82) is 0 Å². The van der Waals surface area contributed by atoms with Crippen LogP contribution in [0.3, 0.4) is 0 Å². The van der Waals surface area contributed by atoms with Crippen molar-refractivity contribution in [1.82, 2.24) is 9.47 Å². The summed E-state index contributed by atoms with van der Waals surface area (Å²) in [6.45, 7) is 0.210. The number of aliphatic carboxylic acids is 1. The van der Waals surface area contributed by atoms with Crippen LogP contribution in [0.4, 0.5) is 13.2 Å². The van der Waals surface area contributed by atoms with E-state index in [2.05, 4.69) is 0 Å². The van der Waals surface area contributed by atoms with Gasteiger partial charge in [-0.1, -0.05) is 54.6 Å². The van der Waals surface area contributed by atoms with Gasteiger partial charge in [0.1, 0.15) is 6.04 Å². The van der Waals surface area contributed by atoms with E-state index in [1.165, 1.54) is 22.4 Å². The van der Waals surface area contributed by atoms with Gasteiger partial charge in [0, 0.05) is 23.4 Å². The number of thioether (sulfide) groups is 1. The Kier molecular flexibility index (Phi) is 6.83. The van der Waals surface area contributed by atoms with Crippen molar-refractivity contribution < 1.29 is 23.1 Å². The number of fused-ring (bicyclic) bond motifs is 2. The second kappa shape index (κ2) is 9.96. The summed E-state index contributed by atoms with van der Waals surface area (Å²) < 4.78 is 42.4. The summed E-state index contributed by atoms with van der Waals surface area (Å²) in [6.07, 6.45) is -4.25. The average molecular weight is 539 g/mol. The van der Waals surface area contributed by atoms with E-state index in [0.29, 0.717) is 33.7 Å². The highest BCUT2D eigenvalue weighted by Crippen LogP contribution is 2.44. The van der Waals surface area contributed by atoms with Crippen LogP contribution in [0.2, 0.25) is 0 Å². The molecule has 1 atom stereocenters. The van der Waals surface area contributed by atoms with Crippen LogP contribution in [-0.2, 0) is 23.9 Å². The fourth-order valence-corrected chi connectivity index (χ4v) is 6.41. The van der Waals surface area contributed by atoms with Gasteiger partial charge in [0.25, 0.3) is 5.56 Å². The van der Waals surface area contributed by atoms with Crippen molar-refractivity contribution in [3.63, 3.8) is 0 Å². The molecular formula is C29H25F3N2O3S. The van der Waals surface area contributed by atoms with Crippen LogP contribution in [0.25, 0.3) is 21.9 Å². The van der Waals surface area contributed by atoms with Gasteiger partial charge in [0.15, 0.2) is 0 Å². The van der Waals surface area contributed by atoms with Crippen molar-refractivity contribution >= 4 is 28.5 Å². The van der Waals surface area contributed by atoms with Gasteiger partial charge in [-0.3, -0.25) is 9.36 Å². The second-order valence-corrected chi connectivity index (χ2v) is 10.6. The maximum atomic E-state index is 13.9. The van der Waals surface area contributed by atoms with Crippen molar-refractivity contribution in [3.8, 4) is 11.1 Å². The normalized spacial score (nSPS) is 15.3. The van der Waals surface area contributed by atoms with Crippen LogP contribution >= 0.6 is 11.8 Å². The zero-order chi connectivity index (χ0) is 27.2. The van der Waals surface area contributed by atoms with Gasteiger partial charge in [0.05, 0.1) is 10.6 Å².